The van der Waals surface area contributed by atoms with Crippen molar-refractivity contribution in [2.45, 2.75) is 13.3 Å². The van der Waals surface area contributed by atoms with Crippen molar-refractivity contribution in [2.75, 3.05) is 0 Å². The SMILES string of the molecule is Cc1ccc2[nH]c(C3=CC=CC3)cc2c1. The average molecular weight is 195 g/mol. The third-order valence-electron chi connectivity index (χ3n) is 2.89. The van der Waals surface area contributed by atoms with Crippen molar-refractivity contribution in [1.29, 1.82) is 0 Å². The van der Waals surface area contributed by atoms with E-state index in [1.807, 2.05) is 0 Å². The highest BCUT2D eigenvalue weighted by Crippen LogP contribution is 2.26. The molecular formula is C14H13N. The first-order valence-electron chi connectivity index (χ1n) is 5.28. The van der Waals surface area contributed by atoms with Gasteiger partial charge in [-0.15, -0.1) is 0 Å². The molecule has 0 saturated carbocycles. The first kappa shape index (κ1) is 8.54. The summed E-state index contributed by atoms with van der Waals surface area (Å²) in [6.45, 7) is 2.13. The van der Waals surface area contributed by atoms with E-state index in [1.165, 1.54) is 27.7 Å². The number of aromatic amines is 1. The number of fused-ring (bicyclic) bond motifs is 1. The van der Waals surface area contributed by atoms with Crippen molar-refractivity contribution in [1.82, 2.24) is 4.98 Å². The Labute approximate surface area is 89.1 Å². The number of nitrogens with one attached hydrogen (secondary N) is 1. The standard InChI is InChI=1S/C14H13N/c1-10-6-7-13-12(8-10)9-14(15-13)11-4-2-3-5-11/h2-4,6-9,15H,5H2,1H3. The lowest BCUT2D eigenvalue weighted by Crippen LogP contribution is -1.78. The summed E-state index contributed by atoms with van der Waals surface area (Å²) >= 11 is 0. The maximum Gasteiger partial charge on any atom is 0.0458 e. The number of hydrogen-bond acceptors (Lipinski definition) is 0. The Bertz CT molecular complexity index is 570. The molecule has 1 aromatic carbocycles. The molecule has 1 N–H and O–H groups in total. The molecule has 0 saturated heterocycles. The topological polar surface area (TPSA) is 15.8 Å². The normalized spacial score (nSPS) is 14.9. The molecule has 0 radical (unpaired) electrons. The van der Waals surface area contributed by atoms with Crippen molar-refractivity contribution in [3.63, 3.8) is 0 Å². The van der Waals surface area contributed by atoms with Gasteiger partial charge in [0.15, 0.2) is 0 Å². The van der Waals surface area contributed by atoms with E-state index in [0.717, 1.165) is 6.42 Å². The van der Waals surface area contributed by atoms with E-state index in [0.29, 0.717) is 0 Å². The highest BCUT2D eigenvalue weighted by molar-refractivity contribution is 5.86. The van der Waals surface area contributed by atoms with Crippen molar-refractivity contribution < 1.29 is 0 Å². The highest BCUT2D eigenvalue weighted by Gasteiger charge is 2.06. The molecule has 1 nitrogen and oxygen atoms in total. The van der Waals surface area contributed by atoms with E-state index >= 15 is 0 Å². The van der Waals surface area contributed by atoms with E-state index in [9.17, 15) is 0 Å². The first-order chi connectivity index (χ1) is 7.33. The molecule has 74 valence electrons. The van der Waals surface area contributed by atoms with E-state index in [-0.39, 0.29) is 0 Å². The van der Waals surface area contributed by atoms with Crippen LogP contribution in [0.1, 0.15) is 17.7 Å². The van der Waals surface area contributed by atoms with Crippen LogP contribution in [0.2, 0.25) is 0 Å². The summed E-state index contributed by atoms with van der Waals surface area (Å²) in [4.78, 5) is 3.46. The fraction of sp³-hybridized carbons (Fsp3) is 0.143. The van der Waals surface area contributed by atoms with Crippen molar-refractivity contribution in [2.24, 2.45) is 0 Å². The third-order valence-corrected chi connectivity index (χ3v) is 2.89. The van der Waals surface area contributed by atoms with Crippen LogP contribution in [-0.2, 0) is 0 Å². The van der Waals surface area contributed by atoms with Crippen LogP contribution in [0.3, 0.4) is 0 Å². The van der Waals surface area contributed by atoms with Gasteiger partial charge in [0.05, 0.1) is 0 Å². The number of aryl methyl sites for hydroxylation is 1. The molecule has 0 bridgehead atoms. The molecule has 15 heavy (non-hydrogen) atoms. The van der Waals surface area contributed by atoms with Crippen LogP contribution >= 0.6 is 0 Å². The van der Waals surface area contributed by atoms with Gasteiger partial charge >= 0.3 is 0 Å². The average Bonchev–Trinajstić information content (AvgIpc) is 2.84. The Morgan fingerprint density at radius 1 is 1.20 bits per heavy atom. The number of allylic oxidation sites excluding steroid dienone is 4. The van der Waals surface area contributed by atoms with Gasteiger partial charge in [-0.3, -0.25) is 0 Å². The molecule has 1 heteroatoms. The largest absolute Gasteiger partial charge is 0.355 e. The quantitative estimate of drug-likeness (QED) is 0.712. The van der Waals surface area contributed by atoms with Crippen LogP contribution in [0.5, 0.6) is 0 Å². The number of rotatable bonds is 1. The fourth-order valence-corrected chi connectivity index (χ4v) is 2.07. The Morgan fingerprint density at radius 3 is 2.93 bits per heavy atom. The van der Waals surface area contributed by atoms with E-state index in [2.05, 4.69) is 54.4 Å². The molecule has 0 spiro atoms. The van der Waals surface area contributed by atoms with E-state index in [4.69, 9.17) is 0 Å². The number of hydrogen-bond donors (Lipinski definition) is 1. The molecule has 0 unspecified atom stereocenters. The lowest BCUT2D eigenvalue weighted by atomic mass is 10.1. The predicted molar refractivity (Wildman–Crippen MR) is 64.8 cm³/mol. The second-order valence-corrected chi connectivity index (χ2v) is 4.10. The van der Waals surface area contributed by atoms with Gasteiger partial charge in [-0.05, 0) is 37.1 Å². The second kappa shape index (κ2) is 3.13. The molecule has 3 rings (SSSR count). The van der Waals surface area contributed by atoms with E-state index in [1.54, 1.807) is 0 Å². The zero-order valence-corrected chi connectivity index (χ0v) is 8.75. The van der Waals surface area contributed by atoms with Crippen LogP contribution in [-0.4, -0.2) is 4.98 Å². The highest BCUT2D eigenvalue weighted by atomic mass is 14.7. The van der Waals surface area contributed by atoms with Crippen LogP contribution in [0.15, 0.2) is 42.5 Å². The number of aromatic nitrogens is 1. The van der Waals surface area contributed by atoms with E-state index < -0.39 is 0 Å². The van der Waals surface area contributed by atoms with Crippen LogP contribution in [0.4, 0.5) is 0 Å². The maximum atomic E-state index is 3.46. The summed E-state index contributed by atoms with van der Waals surface area (Å²) < 4.78 is 0. The van der Waals surface area contributed by atoms with Gasteiger partial charge in [-0.2, -0.15) is 0 Å². The Hall–Kier alpha value is -1.76. The summed E-state index contributed by atoms with van der Waals surface area (Å²) in [7, 11) is 0. The van der Waals surface area contributed by atoms with Gasteiger partial charge in [0.25, 0.3) is 0 Å². The smallest absolute Gasteiger partial charge is 0.0458 e. The molecule has 1 aliphatic rings. The van der Waals surface area contributed by atoms with Gasteiger partial charge in [0.2, 0.25) is 0 Å². The van der Waals surface area contributed by atoms with Gasteiger partial charge in [-0.1, -0.05) is 29.9 Å². The van der Waals surface area contributed by atoms with Crippen molar-refractivity contribution in [3.8, 4) is 0 Å². The lowest BCUT2D eigenvalue weighted by Gasteiger charge is -1.95. The zero-order valence-electron chi connectivity index (χ0n) is 8.75. The fourth-order valence-electron chi connectivity index (χ4n) is 2.07. The van der Waals surface area contributed by atoms with Crippen LogP contribution < -0.4 is 0 Å². The minimum absolute atomic E-state index is 1.05. The Morgan fingerprint density at radius 2 is 2.13 bits per heavy atom. The summed E-state index contributed by atoms with van der Waals surface area (Å²) in [6, 6.07) is 8.75. The number of H-pyrrole nitrogens is 1. The molecular weight excluding hydrogens is 182 g/mol. The summed E-state index contributed by atoms with van der Waals surface area (Å²) in [5.41, 5.74) is 5.17. The minimum Gasteiger partial charge on any atom is -0.355 e. The van der Waals surface area contributed by atoms with Gasteiger partial charge in [-0.25, -0.2) is 0 Å². The minimum atomic E-state index is 1.05. The van der Waals surface area contributed by atoms with Gasteiger partial charge < -0.3 is 4.98 Å². The molecule has 0 amide bonds. The van der Waals surface area contributed by atoms with Crippen molar-refractivity contribution >= 4 is 16.5 Å². The lowest BCUT2D eigenvalue weighted by molar-refractivity contribution is 1.33. The number of benzene rings is 1. The Balaban J connectivity index is 2.14. The van der Waals surface area contributed by atoms with Crippen LogP contribution in [0.25, 0.3) is 16.5 Å². The van der Waals surface area contributed by atoms with Gasteiger partial charge in [0.1, 0.15) is 0 Å². The monoisotopic (exact) mass is 195 g/mol. The zero-order chi connectivity index (χ0) is 10.3. The van der Waals surface area contributed by atoms with Gasteiger partial charge in [0, 0.05) is 16.6 Å². The third kappa shape index (κ3) is 1.40. The molecule has 0 atom stereocenters. The van der Waals surface area contributed by atoms with Crippen LogP contribution in [0, 0.1) is 6.92 Å². The summed E-state index contributed by atoms with van der Waals surface area (Å²) in [6.07, 6.45) is 7.53. The molecule has 2 aromatic rings. The van der Waals surface area contributed by atoms with Crippen molar-refractivity contribution in [3.05, 3.63) is 53.8 Å². The summed E-state index contributed by atoms with van der Waals surface area (Å²) in [5, 5.41) is 1.30. The molecule has 0 aliphatic heterocycles. The first-order valence-corrected chi connectivity index (χ1v) is 5.28. The molecule has 1 heterocycles. The predicted octanol–water partition coefficient (Wildman–Crippen LogP) is 3.82. The molecule has 1 aliphatic carbocycles. The molecule has 0 fully saturated rings. The Kier molecular flexibility index (Phi) is 1.78. The summed E-state index contributed by atoms with van der Waals surface area (Å²) in [5.74, 6) is 0. The molecule has 1 aromatic heterocycles. The second-order valence-electron chi connectivity index (χ2n) is 4.10. The maximum absolute atomic E-state index is 3.46.